The maximum atomic E-state index is 11.3. The van der Waals surface area contributed by atoms with E-state index in [0.717, 1.165) is 0 Å². The Morgan fingerprint density at radius 2 is 1.80 bits per heavy atom. The molecule has 0 unspecified atom stereocenters. The first-order valence-corrected chi connectivity index (χ1v) is 5.15. The zero-order valence-corrected chi connectivity index (χ0v) is 10.2. The van der Waals surface area contributed by atoms with E-state index < -0.39 is 0 Å². The van der Waals surface area contributed by atoms with E-state index in [0.29, 0.717) is 15.7 Å². The van der Waals surface area contributed by atoms with Gasteiger partial charge in [-0.1, -0.05) is 41.4 Å². The van der Waals surface area contributed by atoms with Crippen LogP contribution >= 0.6 is 34.8 Å². The highest BCUT2D eigenvalue weighted by Gasteiger charge is 2.11. The highest BCUT2D eigenvalue weighted by atomic mass is 35.5. The van der Waals surface area contributed by atoms with Gasteiger partial charge >= 0.3 is 0 Å². The molecule has 1 amide bonds. The lowest BCUT2D eigenvalue weighted by molar-refractivity contribution is -0.113. The van der Waals surface area contributed by atoms with E-state index in [1.165, 1.54) is 11.0 Å². The van der Waals surface area contributed by atoms with Crippen molar-refractivity contribution in [2.45, 2.75) is 0 Å². The van der Waals surface area contributed by atoms with Gasteiger partial charge in [-0.2, -0.15) is 0 Å². The zero-order valence-electron chi connectivity index (χ0n) is 7.93. The average Bonchev–Trinajstić information content (AvgIpc) is 2.23. The van der Waals surface area contributed by atoms with E-state index in [2.05, 4.69) is 6.58 Å². The molecule has 1 aromatic carbocycles. The SMILES string of the molecule is C=CC(=O)N(C)c1cc(Cl)c(Cl)c(Cl)c1. The first-order valence-electron chi connectivity index (χ1n) is 4.02. The standard InChI is InChI=1S/C10H8Cl3NO/c1-3-9(15)14(2)6-4-7(11)10(13)8(12)5-6/h3-5H,1H2,2H3. The summed E-state index contributed by atoms with van der Waals surface area (Å²) in [5, 5.41) is 0.896. The minimum absolute atomic E-state index is 0.246. The number of rotatable bonds is 2. The van der Waals surface area contributed by atoms with Crippen molar-refractivity contribution in [1.29, 1.82) is 0 Å². The smallest absolute Gasteiger partial charge is 0.250 e. The molecule has 0 saturated carbocycles. The minimum atomic E-state index is -0.246. The van der Waals surface area contributed by atoms with E-state index in [1.54, 1.807) is 19.2 Å². The van der Waals surface area contributed by atoms with Gasteiger partial charge in [0, 0.05) is 12.7 Å². The summed E-state index contributed by atoms with van der Waals surface area (Å²) in [5.74, 6) is -0.246. The van der Waals surface area contributed by atoms with Crippen LogP contribution in [0.2, 0.25) is 15.1 Å². The first-order chi connectivity index (χ1) is 6.97. The van der Waals surface area contributed by atoms with Gasteiger partial charge in [0.15, 0.2) is 0 Å². The molecule has 15 heavy (non-hydrogen) atoms. The molecule has 0 fully saturated rings. The molecular weight excluding hydrogens is 256 g/mol. The molecule has 0 N–H and O–H groups in total. The Balaban J connectivity index is 3.16. The Labute approximate surface area is 103 Å². The van der Waals surface area contributed by atoms with Gasteiger partial charge in [0.25, 0.3) is 0 Å². The van der Waals surface area contributed by atoms with Crippen molar-refractivity contribution in [3.8, 4) is 0 Å². The lowest BCUT2D eigenvalue weighted by atomic mass is 10.3. The minimum Gasteiger partial charge on any atom is -0.312 e. The van der Waals surface area contributed by atoms with Gasteiger partial charge in [0.2, 0.25) is 5.91 Å². The van der Waals surface area contributed by atoms with Crippen molar-refractivity contribution in [2.24, 2.45) is 0 Å². The zero-order chi connectivity index (χ0) is 11.6. The number of hydrogen-bond donors (Lipinski definition) is 0. The van der Waals surface area contributed by atoms with E-state index >= 15 is 0 Å². The summed E-state index contributed by atoms with van der Waals surface area (Å²) in [6, 6.07) is 3.13. The molecule has 0 bridgehead atoms. The molecule has 0 saturated heterocycles. The maximum absolute atomic E-state index is 11.3. The monoisotopic (exact) mass is 263 g/mol. The third-order valence-electron chi connectivity index (χ3n) is 1.86. The van der Waals surface area contributed by atoms with E-state index in [9.17, 15) is 4.79 Å². The molecule has 1 aromatic rings. The molecule has 0 spiro atoms. The Hall–Kier alpha value is -0.700. The molecular formula is C10H8Cl3NO. The van der Waals surface area contributed by atoms with Crippen LogP contribution in [0.3, 0.4) is 0 Å². The van der Waals surface area contributed by atoms with Crippen molar-refractivity contribution in [3.63, 3.8) is 0 Å². The van der Waals surface area contributed by atoms with Gasteiger partial charge in [-0.3, -0.25) is 4.79 Å². The quantitative estimate of drug-likeness (QED) is 0.588. The second-order valence-corrected chi connectivity index (χ2v) is 4.02. The van der Waals surface area contributed by atoms with Gasteiger partial charge < -0.3 is 4.90 Å². The molecule has 0 heterocycles. The number of carbonyl (C=O) groups is 1. The van der Waals surface area contributed by atoms with Crippen molar-refractivity contribution in [1.82, 2.24) is 0 Å². The Bertz CT molecular complexity index is 394. The molecule has 2 nitrogen and oxygen atoms in total. The Kier molecular flexibility index (Phi) is 4.03. The highest BCUT2D eigenvalue weighted by Crippen LogP contribution is 2.34. The van der Waals surface area contributed by atoms with Crippen LogP contribution in [0.25, 0.3) is 0 Å². The van der Waals surface area contributed by atoms with Crippen LogP contribution in [-0.2, 0) is 4.79 Å². The molecule has 0 radical (unpaired) electrons. The summed E-state index contributed by atoms with van der Waals surface area (Å²) in [4.78, 5) is 12.7. The number of benzene rings is 1. The number of carbonyl (C=O) groups excluding carboxylic acids is 1. The predicted molar refractivity (Wildman–Crippen MR) is 65.1 cm³/mol. The number of hydrogen-bond acceptors (Lipinski definition) is 1. The molecule has 0 aliphatic carbocycles. The summed E-state index contributed by atoms with van der Waals surface area (Å²) in [5.41, 5.74) is 0.569. The highest BCUT2D eigenvalue weighted by molar-refractivity contribution is 6.48. The summed E-state index contributed by atoms with van der Waals surface area (Å²) in [6.07, 6.45) is 1.20. The summed E-state index contributed by atoms with van der Waals surface area (Å²) in [6.45, 7) is 3.39. The third kappa shape index (κ3) is 2.65. The van der Waals surface area contributed by atoms with Crippen molar-refractivity contribution in [2.75, 3.05) is 11.9 Å². The summed E-state index contributed by atoms with van der Waals surface area (Å²) in [7, 11) is 1.60. The van der Waals surface area contributed by atoms with Crippen molar-refractivity contribution < 1.29 is 4.79 Å². The topological polar surface area (TPSA) is 20.3 Å². The van der Waals surface area contributed by atoms with Crippen molar-refractivity contribution >= 4 is 46.4 Å². The van der Waals surface area contributed by atoms with Crippen LogP contribution in [0, 0.1) is 0 Å². The summed E-state index contributed by atoms with van der Waals surface area (Å²) < 4.78 is 0. The van der Waals surface area contributed by atoms with Crippen LogP contribution < -0.4 is 4.90 Å². The number of halogens is 3. The van der Waals surface area contributed by atoms with Gasteiger partial charge in [0.05, 0.1) is 15.1 Å². The van der Waals surface area contributed by atoms with Crippen LogP contribution in [0.15, 0.2) is 24.8 Å². The van der Waals surface area contributed by atoms with Crippen LogP contribution in [0.1, 0.15) is 0 Å². The van der Waals surface area contributed by atoms with Crippen molar-refractivity contribution in [3.05, 3.63) is 39.9 Å². The number of nitrogens with zero attached hydrogens (tertiary/aromatic N) is 1. The normalized spacial score (nSPS) is 9.87. The molecule has 5 heteroatoms. The van der Waals surface area contributed by atoms with E-state index in [4.69, 9.17) is 34.8 Å². The van der Waals surface area contributed by atoms with Crippen LogP contribution in [-0.4, -0.2) is 13.0 Å². The fourth-order valence-electron chi connectivity index (χ4n) is 1.000. The molecule has 0 atom stereocenters. The second-order valence-electron chi connectivity index (χ2n) is 2.82. The first kappa shape index (κ1) is 12.4. The summed E-state index contributed by atoms with van der Waals surface area (Å²) >= 11 is 17.4. The van der Waals surface area contributed by atoms with E-state index in [1.807, 2.05) is 0 Å². The number of likely N-dealkylation sites (N-methyl/N-ethyl adjacent to an activating group) is 1. The fraction of sp³-hybridized carbons (Fsp3) is 0.100. The van der Waals surface area contributed by atoms with Gasteiger partial charge in [-0.15, -0.1) is 0 Å². The lowest BCUT2D eigenvalue weighted by Crippen LogP contribution is -2.23. The predicted octanol–water partition coefficient (Wildman–Crippen LogP) is 3.80. The second kappa shape index (κ2) is 4.88. The Morgan fingerprint density at radius 3 is 2.20 bits per heavy atom. The molecule has 0 aromatic heterocycles. The Morgan fingerprint density at radius 1 is 1.33 bits per heavy atom. The molecule has 80 valence electrons. The number of anilines is 1. The van der Waals surface area contributed by atoms with Gasteiger partial charge in [0.1, 0.15) is 0 Å². The molecule has 0 aliphatic rings. The number of amides is 1. The van der Waals surface area contributed by atoms with Crippen LogP contribution in [0.5, 0.6) is 0 Å². The largest absolute Gasteiger partial charge is 0.312 e. The lowest BCUT2D eigenvalue weighted by Gasteiger charge is -2.16. The third-order valence-corrected chi connectivity index (χ3v) is 3.06. The van der Waals surface area contributed by atoms with Gasteiger partial charge in [-0.25, -0.2) is 0 Å². The van der Waals surface area contributed by atoms with E-state index in [-0.39, 0.29) is 10.9 Å². The van der Waals surface area contributed by atoms with Gasteiger partial charge in [-0.05, 0) is 18.2 Å². The maximum Gasteiger partial charge on any atom is 0.250 e. The molecule has 0 aliphatic heterocycles. The fourth-order valence-corrected chi connectivity index (χ4v) is 1.58. The van der Waals surface area contributed by atoms with Crippen LogP contribution in [0.4, 0.5) is 5.69 Å². The average molecular weight is 265 g/mol. The molecule has 1 rings (SSSR count).